The molecule has 1 aromatic rings. The summed E-state index contributed by atoms with van der Waals surface area (Å²) in [5.74, 6) is 0.946. The molecular formula is C23H36N2O2. The second kappa shape index (κ2) is 7.92. The third-order valence-corrected chi connectivity index (χ3v) is 6.11. The molecule has 1 amide bonds. The highest BCUT2D eigenvalue weighted by Gasteiger charge is 2.39. The van der Waals surface area contributed by atoms with Crippen LogP contribution >= 0.6 is 0 Å². The van der Waals surface area contributed by atoms with Crippen LogP contribution in [-0.4, -0.2) is 34.2 Å². The summed E-state index contributed by atoms with van der Waals surface area (Å²) in [5.41, 5.74) is 1.37. The average molecular weight is 373 g/mol. The maximum atomic E-state index is 12.9. The van der Waals surface area contributed by atoms with E-state index >= 15 is 0 Å². The molecule has 1 atom stereocenters. The van der Waals surface area contributed by atoms with Crippen LogP contribution in [0.25, 0.3) is 0 Å². The van der Waals surface area contributed by atoms with Gasteiger partial charge in [-0.25, -0.2) is 0 Å². The van der Waals surface area contributed by atoms with Gasteiger partial charge in [0.25, 0.3) is 0 Å². The van der Waals surface area contributed by atoms with Crippen LogP contribution in [0.2, 0.25) is 0 Å². The number of nitrogens with one attached hydrogen (secondary N) is 2. The average Bonchev–Trinajstić information content (AvgIpc) is 2.49. The Kier molecular flexibility index (Phi) is 5.97. The van der Waals surface area contributed by atoms with Crippen molar-refractivity contribution in [2.75, 3.05) is 0 Å². The standard InChI is InChI=1S/C23H36N2O2/c1-22(2)14-17(15-23(3,4)25-22)11-21(27)24-20(18-12-19(26)13-18)10-16-8-6-5-7-9-16/h5-9,17-20,25-26H,10-15H2,1-4H3,(H,24,27). The van der Waals surface area contributed by atoms with Crippen molar-refractivity contribution in [3.63, 3.8) is 0 Å². The molecule has 4 nitrogen and oxygen atoms in total. The van der Waals surface area contributed by atoms with Crippen LogP contribution in [0.5, 0.6) is 0 Å². The number of carbonyl (C=O) groups is 1. The first-order chi connectivity index (χ1) is 12.6. The van der Waals surface area contributed by atoms with Crippen molar-refractivity contribution in [1.82, 2.24) is 10.6 Å². The number of benzene rings is 1. The van der Waals surface area contributed by atoms with Crippen LogP contribution in [0.3, 0.4) is 0 Å². The van der Waals surface area contributed by atoms with Gasteiger partial charge in [0.2, 0.25) is 5.91 Å². The van der Waals surface area contributed by atoms with E-state index in [9.17, 15) is 9.90 Å². The zero-order chi connectivity index (χ0) is 19.7. The van der Waals surface area contributed by atoms with Crippen LogP contribution in [0.1, 0.15) is 65.4 Å². The molecule has 1 aliphatic heterocycles. The smallest absolute Gasteiger partial charge is 0.220 e. The molecule has 1 heterocycles. The van der Waals surface area contributed by atoms with E-state index in [1.54, 1.807) is 0 Å². The molecule has 1 aliphatic carbocycles. The minimum atomic E-state index is -0.198. The first-order valence-corrected chi connectivity index (χ1v) is 10.4. The molecule has 0 spiro atoms. The second-order valence-corrected chi connectivity index (χ2v) is 10.1. The topological polar surface area (TPSA) is 61.4 Å². The lowest BCUT2D eigenvalue weighted by Crippen LogP contribution is -2.58. The highest BCUT2D eigenvalue weighted by molar-refractivity contribution is 5.76. The number of piperidine rings is 1. The van der Waals surface area contributed by atoms with Gasteiger partial charge in [-0.05, 0) is 77.2 Å². The normalized spacial score (nSPS) is 28.2. The number of rotatable bonds is 6. The van der Waals surface area contributed by atoms with Gasteiger partial charge < -0.3 is 15.7 Å². The molecule has 0 bridgehead atoms. The van der Waals surface area contributed by atoms with Crippen molar-refractivity contribution in [2.45, 2.75) is 89.4 Å². The van der Waals surface area contributed by atoms with Gasteiger partial charge in [-0.1, -0.05) is 30.3 Å². The van der Waals surface area contributed by atoms with Gasteiger partial charge in [-0.3, -0.25) is 4.79 Å². The summed E-state index contributed by atoms with van der Waals surface area (Å²) >= 11 is 0. The summed E-state index contributed by atoms with van der Waals surface area (Å²) < 4.78 is 0. The van der Waals surface area contributed by atoms with Gasteiger partial charge in [-0.15, -0.1) is 0 Å². The molecule has 1 unspecified atom stereocenters. The number of hydrogen-bond acceptors (Lipinski definition) is 3. The van der Waals surface area contributed by atoms with Gasteiger partial charge in [0, 0.05) is 23.5 Å². The minimum Gasteiger partial charge on any atom is -0.393 e. The first kappa shape index (κ1) is 20.3. The van der Waals surface area contributed by atoms with E-state index in [4.69, 9.17) is 0 Å². The van der Waals surface area contributed by atoms with Crippen molar-refractivity contribution in [3.05, 3.63) is 35.9 Å². The fourth-order valence-corrected chi connectivity index (χ4v) is 5.37. The Morgan fingerprint density at radius 1 is 1.15 bits per heavy atom. The van der Waals surface area contributed by atoms with Gasteiger partial charge in [0.15, 0.2) is 0 Å². The lowest BCUT2D eigenvalue weighted by Gasteiger charge is -2.46. The predicted molar refractivity (Wildman–Crippen MR) is 109 cm³/mol. The molecule has 1 saturated carbocycles. The number of amides is 1. The fraction of sp³-hybridized carbons (Fsp3) is 0.696. The molecule has 2 aliphatic rings. The third kappa shape index (κ3) is 5.79. The number of hydrogen-bond donors (Lipinski definition) is 3. The van der Waals surface area contributed by atoms with E-state index in [1.807, 2.05) is 18.2 Å². The molecule has 3 rings (SSSR count). The Morgan fingerprint density at radius 3 is 2.30 bits per heavy atom. The van der Waals surface area contributed by atoms with Crippen molar-refractivity contribution in [3.8, 4) is 0 Å². The Bertz CT molecular complexity index is 619. The quantitative estimate of drug-likeness (QED) is 0.717. The van der Waals surface area contributed by atoms with E-state index in [0.29, 0.717) is 18.3 Å². The van der Waals surface area contributed by atoms with Crippen LogP contribution in [0.4, 0.5) is 0 Å². The van der Waals surface area contributed by atoms with E-state index in [1.165, 1.54) is 5.56 Å². The Labute approximate surface area is 164 Å². The molecular weight excluding hydrogens is 336 g/mol. The van der Waals surface area contributed by atoms with E-state index in [0.717, 1.165) is 32.1 Å². The van der Waals surface area contributed by atoms with Crippen molar-refractivity contribution < 1.29 is 9.90 Å². The van der Waals surface area contributed by atoms with Gasteiger partial charge in [-0.2, -0.15) is 0 Å². The zero-order valence-corrected chi connectivity index (χ0v) is 17.3. The van der Waals surface area contributed by atoms with E-state index < -0.39 is 0 Å². The zero-order valence-electron chi connectivity index (χ0n) is 17.3. The van der Waals surface area contributed by atoms with E-state index in [-0.39, 0.29) is 29.1 Å². The van der Waals surface area contributed by atoms with Gasteiger partial charge >= 0.3 is 0 Å². The SMILES string of the molecule is CC1(C)CC(CC(=O)NC(Cc2ccccc2)C2CC(O)C2)CC(C)(C)N1. The molecule has 27 heavy (non-hydrogen) atoms. The Hall–Kier alpha value is -1.39. The molecule has 2 fully saturated rings. The summed E-state index contributed by atoms with van der Waals surface area (Å²) in [5, 5.41) is 16.7. The summed E-state index contributed by atoms with van der Waals surface area (Å²) in [7, 11) is 0. The fourth-order valence-electron chi connectivity index (χ4n) is 5.37. The molecule has 0 aromatic heterocycles. The maximum Gasteiger partial charge on any atom is 0.220 e. The summed E-state index contributed by atoms with van der Waals surface area (Å²) in [4.78, 5) is 12.9. The highest BCUT2D eigenvalue weighted by atomic mass is 16.3. The van der Waals surface area contributed by atoms with Crippen molar-refractivity contribution in [2.24, 2.45) is 11.8 Å². The van der Waals surface area contributed by atoms with Crippen LogP contribution in [-0.2, 0) is 11.2 Å². The molecule has 3 N–H and O–H groups in total. The first-order valence-electron chi connectivity index (χ1n) is 10.4. The monoisotopic (exact) mass is 372 g/mol. The number of aliphatic hydroxyl groups is 1. The van der Waals surface area contributed by atoms with Crippen molar-refractivity contribution in [1.29, 1.82) is 0 Å². The maximum absolute atomic E-state index is 12.9. The lowest BCUT2D eigenvalue weighted by molar-refractivity contribution is -0.124. The predicted octanol–water partition coefficient (Wildman–Crippen LogP) is 3.43. The Morgan fingerprint density at radius 2 is 1.74 bits per heavy atom. The summed E-state index contributed by atoms with van der Waals surface area (Å²) in [6.45, 7) is 8.92. The molecule has 0 radical (unpaired) electrons. The van der Waals surface area contributed by atoms with Crippen LogP contribution in [0.15, 0.2) is 30.3 Å². The van der Waals surface area contributed by atoms with Crippen LogP contribution in [0, 0.1) is 11.8 Å². The molecule has 4 heteroatoms. The summed E-state index contributed by atoms with van der Waals surface area (Å²) in [6.07, 6.45) is 4.87. The van der Waals surface area contributed by atoms with Gasteiger partial charge in [0.05, 0.1) is 6.10 Å². The summed E-state index contributed by atoms with van der Waals surface area (Å²) in [6, 6.07) is 10.5. The second-order valence-electron chi connectivity index (χ2n) is 10.1. The minimum absolute atomic E-state index is 0.0637. The molecule has 150 valence electrons. The lowest BCUT2D eigenvalue weighted by atomic mass is 9.74. The van der Waals surface area contributed by atoms with Gasteiger partial charge in [0.1, 0.15) is 0 Å². The molecule has 1 aromatic carbocycles. The highest BCUT2D eigenvalue weighted by Crippen LogP contribution is 2.35. The largest absolute Gasteiger partial charge is 0.393 e. The van der Waals surface area contributed by atoms with E-state index in [2.05, 4.69) is 50.5 Å². The van der Waals surface area contributed by atoms with Crippen LogP contribution < -0.4 is 10.6 Å². The molecule has 1 saturated heterocycles. The van der Waals surface area contributed by atoms with Crippen molar-refractivity contribution >= 4 is 5.91 Å². The Balaban J connectivity index is 1.60. The number of carbonyl (C=O) groups excluding carboxylic acids is 1. The third-order valence-electron chi connectivity index (χ3n) is 6.11. The number of aliphatic hydroxyl groups excluding tert-OH is 1.